The predicted molar refractivity (Wildman–Crippen MR) is 73.6 cm³/mol. The first-order valence-electron chi connectivity index (χ1n) is 6.43. The van der Waals surface area contributed by atoms with Crippen molar-refractivity contribution in [2.45, 2.75) is 24.0 Å². The summed E-state index contributed by atoms with van der Waals surface area (Å²) in [5.74, 6) is -0.398. The van der Waals surface area contributed by atoms with Crippen LogP contribution in [0.5, 0.6) is 0 Å². The van der Waals surface area contributed by atoms with Crippen LogP contribution in [0.4, 0.5) is 0 Å². The van der Waals surface area contributed by atoms with Crippen LogP contribution in [0.1, 0.15) is 34.1 Å². The van der Waals surface area contributed by atoms with Crippen LogP contribution in [0.15, 0.2) is 42.5 Å². The number of halogens is 1. The number of rotatable bonds is 0. The fourth-order valence-electron chi connectivity index (χ4n) is 3.67. The molecule has 2 nitrogen and oxygen atoms in total. The van der Waals surface area contributed by atoms with Crippen molar-refractivity contribution in [3.05, 3.63) is 69.7 Å². The second kappa shape index (κ2) is 3.83. The summed E-state index contributed by atoms with van der Waals surface area (Å²) in [4.78, 5) is 0. The van der Waals surface area contributed by atoms with Crippen molar-refractivity contribution in [2.75, 3.05) is 0 Å². The Morgan fingerprint density at radius 3 is 2.05 bits per heavy atom. The van der Waals surface area contributed by atoms with Crippen LogP contribution < -0.4 is 0 Å². The van der Waals surface area contributed by atoms with Gasteiger partial charge >= 0.3 is 0 Å². The molecule has 0 aromatic heterocycles. The Morgan fingerprint density at radius 2 is 1.32 bits per heavy atom. The van der Waals surface area contributed by atoms with E-state index in [1.807, 2.05) is 42.5 Å². The van der Waals surface area contributed by atoms with Gasteiger partial charge in [-0.25, -0.2) is 0 Å². The molecule has 19 heavy (non-hydrogen) atoms. The third-order valence-corrected chi connectivity index (χ3v) is 4.76. The molecule has 0 saturated carbocycles. The number of hydrogen-bond donors (Lipinski definition) is 2. The van der Waals surface area contributed by atoms with Crippen molar-refractivity contribution in [1.82, 2.24) is 0 Å². The van der Waals surface area contributed by atoms with E-state index in [1.165, 1.54) is 0 Å². The second-order valence-corrected chi connectivity index (χ2v) is 5.72. The molecule has 0 radical (unpaired) electrons. The van der Waals surface area contributed by atoms with Gasteiger partial charge in [0, 0.05) is 16.9 Å². The quantitative estimate of drug-likeness (QED) is 0.774. The number of fused-ring (bicyclic) bond motifs is 1. The molecule has 3 aliphatic carbocycles. The lowest BCUT2D eigenvalue weighted by atomic mass is 9.61. The molecule has 0 spiro atoms. The molecule has 3 heteroatoms. The molecule has 2 bridgehead atoms. The van der Waals surface area contributed by atoms with Gasteiger partial charge < -0.3 is 10.2 Å². The van der Waals surface area contributed by atoms with Gasteiger partial charge in [0.1, 0.15) is 0 Å². The molecule has 0 unspecified atom stereocenters. The highest BCUT2D eigenvalue weighted by Crippen LogP contribution is 2.54. The topological polar surface area (TPSA) is 40.5 Å². The van der Waals surface area contributed by atoms with Crippen molar-refractivity contribution in [3.63, 3.8) is 0 Å². The maximum absolute atomic E-state index is 10.4. The molecule has 2 N–H and O–H groups in total. The largest absolute Gasteiger partial charge is 0.389 e. The molecule has 0 aliphatic heterocycles. The molecule has 5 rings (SSSR count). The van der Waals surface area contributed by atoms with Crippen molar-refractivity contribution in [2.24, 2.45) is 0 Å². The molecule has 0 heterocycles. The van der Waals surface area contributed by atoms with Crippen LogP contribution in [-0.4, -0.2) is 22.4 Å². The van der Waals surface area contributed by atoms with Gasteiger partial charge in [-0.3, -0.25) is 0 Å². The Kier molecular flexibility index (Phi) is 2.31. The van der Waals surface area contributed by atoms with E-state index in [-0.39, 0.29) is 11.8 Å². The zero-order valence-corrected chi connectivity index (χ0v) is 10.9. The van der Waals surface area contributed by atoms with Gasteiger partial charge in [-0.1, -0.05) is 48.0 Å². The highest BCUT2D eigenvalue weighted by Gasteiger charge is 2.49. The van der Waals surface area contributed by atoms with Gasteiger partial charge in [0.15, 0.2) is 0 Å². The van der Waals surface area contributed by atoms with E-state index in [4.69, 9.17) is 11.6 Å². The van der Waals surface area contributed by atoms with Gasteiger partial charge in [0.25, 0.3) is 0 Å². The summed E-state index contributed by atoms with van der Waals surface area (Å²) >= 11 is 6.32. The van der Waals surface area contributed by atoms with E-state index in [0.717, 1.165) is 22.3 Å². The van der Waals surface area contributed by atoms with Crippen molar-refractivity contribution in [3.8, 4) is 0 Å². The van der Waals surface area contributed by atoms with Gasteiger partial charge in [0.2, 0.25) is 0 Å². The van der Waals surface area contributed by atoms with Gasteiger partial charge in [-0.15, -0.1) is 0 Å². The highest BCUT2D eigenvalue weighted by atomic mass is 35.5. The minimum absolute atomic E-state index is 0.176. The number of benzene rings is 2. The summed E-state index contributed by atoms with van der Waals surface area (Å²) in [5.41, 5.74) is 4.23. The van der Waals surface area contributed by atoms with Gasteiger partial charge in [-0.2, -0.15) is 0 Å². The van der Waals surface area contributed by atoms with Crippen LogP contribution in [0.2, 0.25) is 5.02 Å². The number of aliphatic hydroxyl groups is 2. The minimum atomic E-state index is -0.785. The summed E-state index contributed by atoms with van der Waals surface area (Å²) in [7, 11) is 0. The van der Waals surface area contributed by atoms with Crippen molar-refractivity contribution >= 4 is 11.6 Å². The molecule has 96 valence electrons. The smallest absolute Gasteiger partial charge is 0.0918 e. The lowest BCUT2D eigenvalue weighted by Gasteiger charge is -2.46. The molecule has 0 fully saturated rings. The molecular formula is C16H13ClO2. The first kappa shape index (κ1) is 11.5. The van der Waals surface area contributed by atoms with Gasteiger partial charge in [-0.05, 0) is 28.3 Å². The minimum Gasteiger partial charge on any atom is -0.389 e. The Labute approximate surface area is 116 Å². The van der Waals surface area contributed by atoms with E-state index in [2.05, 4.69) is 0 Å². The summed E-state index contributed by atoms with van der Waals surface area (Å²) in [6.45, 7) is 0. The van der Waals surface area contributed by atoms with Crippen LogP contribution in [0.3, 0.4) is 0 Å². The maximum Gasteiger partial charge on any atom is 0.0918 e. The Morgan fingerprint density at radius 1 is 0.737 bits per heavy atom. The third kappa shape index (κ3) is 1.34. The summed E-state index contributed by atoms with van der Waals surface area (Å²) < 4.78 is 0. The molecule has 2 aromatic rings. The fraction of sp³-hybridized carbons (Fsp3) is 0.250. The van der Waals surface area contributed by atoms with E-state index >= 15 is 0 Å². The maximum atomic E-state index is 10.4. The standard InChI is InChI=1S/C16H13ClO2/c17-11-7-3-6-10-12-8-4-1-2-5-9(8)14(13(10)11)16(19)15(12)18/h1-7,12,14-16,18-19H/t12-,14-,15-,16+/m0/s1. The monoisotopic (exact) mass is 272 g/mol. The van der Waals surface area contributed by atoms with E-state index in [0.29, 0.717) is 5.02 Å². The normalized spacial score (nSPS) is 30.9. The molecule has 4 atom stereocenters. The van der Waals surface area contributed by atoms with Crippen molar-refractivity contribution in [1.29, 1.82) is 0 Å². The first-order valence-corrected chi connectivity index (χ1v) is 6.81. The van der Waals surface area contributed by atoms with Crippen molar-refractivity contribution < 1.29 is 10.2 Å². The fourth-order valence-corrected chi connectivity index (χ4v) is 3.97. The van der Waals surface area contributed by atoms with Crippen LogP contribution in [0, 0.1) is 0 Å². The zero-order chi connectivity index (χ0) is 13.1. The summed E-state index contributed by atoms with van der Waals surface area (Å²) in [5, 5.41) is 21.4. The third-order valence-electron chi connectivity index (χ3n) is 4.43. The van der Waals surface area contributed by atoms with Crippen LogP contribution >= 0.6 is 11.6 Å². The predicted octanol–water partition coefficient (Wildman–Crippen LogP) is 2.65. The molecule has 0 saturated heterocycles. The van der Waals surface area contributed by atoms with E-state index < -0.39 is 12.2 Å². The zero-order valence-electron chi connectivity index (χ0n) is 10.1. The van der Waals surface area contributed by atoms with E-state index in [1.54, 1.807) is 0 Å². The molecule has 3 aliphatic rings. The van der Waals surface area contributed by atoms with Gasteiger partial charge in [0.05, 0.1) is 12.2 Å². The summed E-state index contributed by atoms with van der Waals surface area (Å²) in [6, 6.07) is 13.8. The average Bonchev–Trinajstić information content (AvgIpc) is 2.43. The molecule has 2 aromatic carbocycles. The Balaban J connectivity index is 2.08. The lowest BCUT2D eigenvalue weighted by molar-refractivity contribution is -0.0154. The van der Waals surface area contributed by atoms with Crippen LogP contribution in [-0.2, 0) is 0 Å². The summed E-state index contributed by atoms with van der Waals surface area (Å²) in [6.07, 6.45) is -1.54. The van der Waals surface area contributed by atoms with E-state index in [9.17, 15) is 10.2 Å². The first-order chi connectivity index (χ1) is 9.20. The lowest BCUT2D eigenvalue weighted by Crippen LogP contribution is -2.47. The average molecular weight is 273 g/mol. The molecule has 0 amide bonds. The highest BCUT2D eigenvalue weighted by molar-refractivity contribution is 6.31. The number of aliphatic hydroxyl groups excluding tert-OH is 2. The number of hydrogen-bond acceptors (Lipinski definition) is 2. The molecular weight excluding hydrogens is 260 g/mol. The SMILES string of the molecule is O[C@@H]1[C@H]2c3ccccc3[C@@H](c3cccc(Cl)c32)[C@@H]1O. The Bertz CT molecular complexity index is 668. The van der Waals surface area contributed by atoms with Crippen LogP contribution in [0.25, 0.3) is 0 Å². The Hall–Kier alpha value is -1.35. The second-order valence-electron chi connectivity index (χ2n) is 5.31.